The quantitative estimate of drug-likeness (QED) is 0.907. The van der Waals surface area contributed by atoms with E-state index in [1.807, 2.05) is 36.4 Å². The minimum Gasteiger partial charge on any atom is -0.349 e. The summed E-state index contributed by atoms with van der Waals surface area (Å²) < 4.78 is 1.02. The number of rotatable bonds is 5. The Bertz CT molecular complexity index is 572. The Labute approximate surface area is 127 Å². The molecule has 0 saturated carbocycles. The van der Waals surface area contributed by atoms with Crippen LogP contribution in [0.3, 0.4) is 0 Å². The predicted molar refractivity (Wildman–Crippen MR) is 83.3 cm³/mol. The van der Waals surface area contributed by atoms with Gasteiger partial charge in [0.15, 0.2) is 0 Å². The number of carbonyl (C=O) groups excluding carboxylic acids is 1. The van der Waals surface area contributed by atoms with Gasteiger partial charge in [-0.2, -0.15) is 0 Å². The molecule has 0 radical (unpaired) electrons. The second-order valence-corrected chi connectivity index (χ2v) is 5.44. The molecular formula is C16H17BrN2O. The van der Waals surface area contributed by atoms with Gasteiger partial charge >= 0.3 is 0 Å². The van der Waals surface area contributed by atoms with E-state index in [1.54, 1.807) is 12.4 Å². The maximum Gasteiger partial charge on any atom is 0.224 e. The van der Waals surface area contributed by atoms with Crippen molar-refractivity contribution < 1.29 is 4.79 Å². The van der Waals surface area contributed by atoms with Crippen molar-refractivity contribution in [1.82, 2.24) is 10.3 Å². The molecule has 0 aliphatic rings. The van der Waals surface area contributed by atoms with E-state index < -0.39 is 0 Å². The number of hydrogen-bond donors (Lipinski definition) is 1. The summed E-state index contributed by atoms with van der Waals surface area (Å²) in [7, 11) is 0. The first-order valence-corrected chi connectivity index (χ1v) is 7.42. The van der Waals surface area contributed by atoms with Crippen LogP contribution in [0.1, 0.15) is 30.5 Å². The molecule has 104 valence electrons. The molecule has 20 heavy (non-hydrogen) atoms. The van der Waals surface area contributed by atoms with Crippen molar-refractivity contribution in [3.63, 3.8) is 0 Å². The number of pyridine rings is 1. The van der Waals surface area contributed by atoms with Crippen LogP contribution in [0.15, 0.2) is 53.3 Å². The third-order valence-electron chi connectivity index (χ3n) is 3.11. The van der Waals surface area contributed by atoms with Gasteiger partial charge in [-0.1, -0.05) is 47.1 Å². The summed E-state index contributed by atoms with van der Waals surface area (Å²) in [6.45, 7) is 2.06. The van der Waals surface area contributed by atoms with Crippen LogP contribution < -0.4 is 5.32 Å². The second-order valence-electron chi connectivity index (χ2n) is 4.59. The van der Waals surface area contributed by atoms with Crippen molar-refractivity contribution in [3.8, 4) is 0 Å². The molecule has 1 aromatic heterocycles. The highest BCUT2D eigenvalue weighted by Crippen LogP contribution is 2.25. The van der Waals surface area contributed by atoms with E-state index in [1.165, 1.54) is 0 Å². The minimum atomic E-state index is 0.0144. The molecule has 1 heterocycles. The molecule has 0 spiro atoms. The Hall–Kier alpha value is -1.68. The topological polar surface area (TPSA) is 42.0 Å². The summed E-state index contributed by atoms with van der Waals surface area (Å²) in [4.78, 5) is 16.1. The molecule has 0 fully saturated rings. The third kappa shape index (κ3) is 3.90. The smallest absolute Gasteiger partial charge is 0.224 e. The molecule has 0 aliphatic carbocycles. The number of nitrogens with one attached hydrogen (secondary N) is 1. The molecule has 1 aromatic carbocycles. The highest BCUT2D eigenvalue weighted by molar-refractivity contribution is 9.10. The number of aromatic nitrogens is 1. The van der Waals surface area contributed by atoms with Crippen LogP contribution in [0.25, 0.3) is 0 Å². The molecule has 0 bridgehead atoms. The van der Waals surface area contributed by atoms with Gasteiger partial charge in [0.2, 0.25) is 5.91 Å². The zero-order valence-electron chi connectivity index (χ0n) is 11.3. The summed E-state index contributed by atoms with van der Waals surface area (Å²) in [5.74, 6) is 0.0144. The van der Waals surface area contributed by atoms with Crippen LogP contribution >= 0.6 is 15.9 Å². The maximum atomic E-state index is 12.1. The molecule has 1 unspecified atom stereocenters. The SMILES string of the molecule is CCC(NC(=O)Cc1cccnc1)c1ccccc1Br. The van der Waals surface area contributed by atoms with E-state index in [2.05, 4.69) is 33.2 Å². The van der Waals surface area contributed by atoms with E-state index in [0.29, 0.717) is 6.42 Å². The Morgan fingerprint density at radius 2 is 2.10 bits per heavy atom. The molecule has 2 aromatic rings. The molecule has 1 atom stereocenters. The van der Waals surface area contributed by atoms with Crippen LogP contribution in [-0.4, -0.2) is 10.9 Å². The molecule has 0 aliphatic heterocycles. The third-order valence-corrected chi connectivity index (χ3v) is 3.83. The van der Waals surface area contributed by atoms with E-state index in [4.69, 9.17) is 0 Å². The van der Waals surface area contributed by atoms with E-state index >= 15 is 0 Å². The van der Waals surface area contributed by atoms with Crippen LogP contribution in [-0.2, 0) is 11.2 Å². The number of benzene rings is 1. The van der Waals surface area contributed by atoms with Gasteiger partial charge in [0.05, 0.1) is 12.5 Å². The van der Waals surface area contributed by atoms with Crippen LogP contribution in [0, 0.1) is 0 Å². The summed E-state index contributed by atoms with van der Waals surface area (Å²) >= 11 is 3.53. The minimum absolute atomic E-state index is 0.0144. The Morgan fingerprint density at radius 3 is 2.75 bits per heavy atom. The fourth-order valence-electron chi connectivity index (χ4n) is 2.09. The lowest BCUT2D eigenvalue weighted by Gasteiger charge is -2.18. The van der Waals surface area contributed by atoms with Gasteiger partial charge in [-0.25, -0.2) is 0 Å². The van der Waals surface area contributed by atoms with Gasteiger partial charge in [-0.3, -0.25) is 9.78 Å². The first-order chi connectivity index (χ1) is 9.70. The fourth-order valence-corrected chi connectivity index (χ4v) is 2.65. The molecular weight excluding hydrogens is 316 g/mol. The van der Waals surface area contributed by atoms with Gasteiger partial charge < -0.3 is 5.32 Å². The highest BCUT2D eigenvalue weighted by atomic mass is 79.9. The average Bonchev–Trinajstić information content (AvgIpc) is 2.46. The Kier molecular flexibility index (Phi) is 5.30. The lowest BCUT2D eigenvalue weighted by Crippen LogP contribution is -2.29. The van der Waals surface area contributed by atoms with Crippen LogP contribution in [0.5, 0.6) is 0 Å². The summed E-state index contributed by atoms with van der Waals surface area (Å²) in [5.41, 5.74) is 2.03. The van der Waals surface area contributed by atoms with Crippen LogP contribution in [0.4, 0.5) is 0 Å². The lowest BCUT2D eigenvalue weighted by atomic mass is 10.0. The van der Waals surface area contributed by atoms with Crippen LogP contribution in [0.2, 0.25) is 0 Å². The summed E-state index contributed by atoms with van der Waals surface area (Å²) in [5, 5.41) is 3.08. The maximum absolute atomic E-state index is 12.1. The van der Waals surface area contributed by atoms with Crippen molar-refractivity contribution in [1.29, 1.82) is 0 Å². The molecule has 3 nitrogen and oxygen atoms in total. The number of amides is 1. The number of halogens is 1. The van der Waals surface area contributed by atoms with E-state index in [0.717, 1.165) is 22.0 Å². The van der Waals surface area contributed by atoms with Crippen molar-refractivity contribution in [2.24, 2.45) is 0 Å². The normalized spacial score (nSPS) is 11.9. The summed E-state index contributed by atoms with van der Waals surface area (Å²) in [6.07, 6.45) is 4.63. The average molecular weight is 333 g/mol. The zero-order chi connectivity index (χ0) is 14.4. The fraction of sp³-hybridized carbons (Fsp3) is 0.250. The van der Waals surface area contributed by atoms with E-state index in [9.17, 15) is 4.79 Å². The lowest BCUT2D eigenvalue weighted by molar-refractivity contribution is -0.121. The van der Waals surface area contributed by atoms with Gasteiger partial charge in [-0.05, 0) is 29.7 Å². The van der Waals surface area contributed by atoms with Gasteiger partial charge in [0.1, 0.15) is 0 Å². The monoisotopic (exact) mass is 332 g/mol. The van der Waals surface area contributed by atoms with Crippen molar-refractivity contribution >= 4 is 21.8 Å². The molecule has 1 N–H and O–H groups in total. The number of carbonyl (C=O) groups is 1. The van der Waals surface area contributed by atoms with E-state index in [-0.39, 0.29) is 11.9 Å². The number of nitrogens with zero attached hydrogens (tertiary/aromatic N) is 1. The summed E-state index contributed by atoms with van der Waals surface area (Å²) in [6, 6.07) is 11.7. The van der Waals surface area contributed by atoms with Gasteiger partial charge in [0, 0.05) is 16.9 Å². The Balaban J connectivity index is 2.04. The molecule has 4 heteroatoms. The van der Waals surface area contributed by atoms with Crippen molar-refractivity contribution in [2.45, 2.75) is 25.8 Å². The molecule has 1 amide bonds. The van der Waals surface area contributed by atoms with Crippen molar-refractivity contribution in [2.75, 3.05) is 0 Å². The predicted octanol–water partition coefficient (Wildman–Crippen LogP) is 3.65. The second kappa shape index (κ2) is 7.20. The zero-order valence-corrected chi connectivity index (χ0v) is 12.9. The molecule has 0 saturated heterocycles. The van der Waals surface area contributed by atoms with Crippen molar-refractivity contribution in [3.05, 3.63) is 64.4 Å². The Morgan fingerprint density at radius 1 is 1.30 bits per heavy atom. The first kappa shape index (κ1) is 14.7. The highest BCUT2D eigenvalue weighted by Gasteiger charge is 2.15. The molecule has 2 rings (SSSR count). The van der Waals surface area contributed by atoms with Gasteiger partial charge in [0.25, 0.3) is 0 Å². The standard InChI is InChI=1S/C16H17BrN2O/c1-2-15(13-7-3-4-8-14(13)17)19-16(20)10-12-6-5-9-18-11-12/h3-9,11,15H,2,10H2,1H3,(H,19,20). The number of hydrogen-bond acceptors (Lipinski definition) is 2. The first-order valence-electron chi connectivity index (χ1n) is 6.63. The largest absolute Gasteiger partial charge is 0.349 e. The van der Waals surface area contributed by atoms with Gasteiger partial charge in [-0.15, -0.1) is 0 Å².